The van der Waals surface area contributed by atoms with Crippen molar-refractivity contribution in [1.29, 1.82) is 0 Å². The summed E-state index contributed by atoms with van der Waals surface area (Å²) in [5.41, 5.74) is 4.55. The van der Waals surface area contributed by atoms with E-state index in [0.717, 1.165) is 23.1 Å². The van der Waals surface area contributed by atoms with Gasteiger partial charge in [-0.25, -0.2) is 18.9 Å². The van der Waals surface area contributed by atoms with E-state index in [0.29, 0.717) is 10.9 Å². The van der Waals surface area contributed by atoms with Gasteiger partial charge in [-0.15, -0.1) is 0 Å². The fraction of sp³-hybridized carbons (Fsp3) is 0.318. The SMILES string of the molecule is CN(C)c1ccc(-c2ccc3c(=O)n(CC[C@@](C)(C(=O)NO)S(C)(=O)=O)cnc3c2)cc1. The number of hydroxylamine groups is 1. The molecule has 1 atom stereocenters. The van der Waals surface area contributed by atoms with E-state index in [9.17, 15) is 18.0 Å². The number of nitrogens with one attached hydrogen (secondary N) is 1. The van der Waals surface area contributed by atoms with Crippen LogP contribution in [0, 0.1) is 0 Å². The number of benzene rings is 2. The molecule has 1 aromatic heterocycles. The Balaban J connectivity index is 1.92. The summed E-state index contributed by atoms with van der Waals surface area (Å²) >= 11 is 0. The van der Waals surface area contributed by atoms with Crippen LogP contribution in [0.1, 0.15) is 13.3 Å². The summed E-state index contributed by atoms with van der Waals surface area (Å²) in [6.07, 6.45) is 2.04. The summed E-state index contributed by atoms with van der Waals surface area (Å²) in [5, 5.41) is 9.32. The predicted molar refractivity (Wildman–Crippen MR) is 124 cm³/mol. The van der Waals surface area contributed by atoms with E-state index in [2.05, 4.69) is 4.98 Å². The second-order valence-electron chi connectivity index (χ2n) is 8.11. The molecule has 3 aromatic rings. The van der Waals surface area contributed by atoms with E-state index in [1.54, 1.807) is 6.07 Å². The molecule has 0 aliphatic heterocycles. The molecule has 0 spiro atoms. The molecule has 1 amide bonds. The zero-order valence-electron chi connectivity index (χ0n) is 18.4. The number of carbonyl (C=O) groups is 1. The van der Waals surface area contributed by atoms with Gasteiger partial charge >= 0.3 is 0 Å². The molecule has 1 heterocycles. The van der Waals surface area contributed by atoms with Gasteiger partial charge in [-0.2, -0.15) is 0 Å². The van der Waals surface area contributed by atoms with Crippen molar-refractivity contribution < 1.29 is 18.4 Å². The molecule has 3 rings (SSSR count). The lowest BCUT2D eigenvalue weighted by Crippen LogP contribution is -2.50. The number of rotatable bonds is 7. The van der Waals surface area contributed by atoms with Crippen LogP contribution in [0.25, 0.3) is 22.0 Å². The first-order valence-corrected chi connectivity index (χ1v) is 11.8. The van der Waals surface area contributed by atoms with Crippen molar-refractivity contribution in [2.45, 2.75) is 24.6 Å². The molecule has 32 heavy (non-hydrogen) atoms. The van der Waals surface area contributed by atoms with Gasteiger partial charge in [-0.3, -0.25) is 19.4 Å². The van der Waals surface area contributed by atoms with Crippen molar-refractivity contribution in [3.8, 4) is 11.1 Å². The highest BCUT2D eigenvalue weighted by Gasteiger charge is 2.43. The Morgan fingerprint density at radius 3 is 2.34 bits per heavy atom. The fourth-order valence-electron chi connectivity index (χ4n) is 3.37. The fourth-order valence-corrected chi connectivity index (χ4v) is 4.21. The smallest absolute Gasteiger partial charge is 0.264 e. The Bertz CT molecular complexity index is 1320. The lowest BCUT2D eigenvalue weighted by Gasteiger charge is -2.25. The number of hydrogen-bond donors (Lipinski definition) is 2. The Morgan fingerprint density at radius 2 is 1.78 bits per heavy atom. The first-order chi connectivity index (χ1) is 15.0. The minimum Gasteiger partial charge on any atom is -0.378 e. The molecule has 0 aliphatic carbocycles. The number of sulfone groups is 1. The third-order valence-corrected chi connectivity index (χ3v) is 7.80. The van der Waals surface area contributed by atoms with Crippen molar-refractivity contribution in [2.75, 3.05) is 25.3 Å². The number of hydrogen-bond acceptors (Lipinski definition) is 7. The topological polar surface area (TPSA) is 122 Å². The zero-order valence-corrected chi connectivity index (χ0v) is 19.2. The standard InChI is InChI=1S/C22H26N4O5S/c1-22(21(28)24-29,32(4,30)31)11-12-26-14-23-19-13-16(7-10-18(19)20(26)27)15-5-8-17(9-6-15)25(2)3/h5-10,13-14,29H,11-12H2,1-4H3,(H,24,28)/t22-/m0/s1. The number of carbonyl (C=O) groups excluding carboxylic acids is 1. The minimum atomic E-state index is -3.86. The first-order valence-electron chi connectivity index (χ1n) is 9.89. The number of aromatic nitrogens is 2. The van der Waals surface area contributed by atoms with Crippen molar-refractivity contribution in [3.63, 3.8) is 0 Å². The van der Waals surface area contributed by atoms with E-state index in [1.165, 1.54) is 23.3 Å². The summed E-state index contributed by atoms with van der Waals surface area (Å²) in [4.78, 5) is 31.3. The van der Waals surface area contributed by atoms with Gasteiger partial charge in [0.15, 0.2) is 14.6 Å². The molecule has 2 N–H and O–H groups in total. The van der Waals surface area contributed by atoms with Gasteiger partial charge in [-0.05, 0) is 48.7 Å². The summed E-state index contributed by atoms with van der Waals surface area (Å²) in [6, 6.07) is 13.3. The molecular formula is C22H26N4O5S. The highest BCUT2D eigenvalue weighted by Crippen LogP contribution is 2.25. The number of fused-ring (bicyclic) bond motifs is 1. The number of aryl methyl sites for hydroxylation is 1. The normalized spacial score (nSPS) is 13.5. The number of amides is 1. The number of anilines is 1. The number of nitrogens with zero attached hydrogens (tertiary/aromatic N) is 3. The third kappa shape index (κ3) is 4.37. The van der Waals surface area contributed by atoms with Crippen LogP contribution in [0.4, 0.5) is 5.69 Å². The maximum atomic E-state index is 12.9. The van der Waals surface area contributed by atoms with E-state index < -0.39 is 20.5 Å². The van der Waals surface area contributed by atoms with Crippen LogP contribution < -0.4 is 15.9 Å². The molecule has 0 aliphatic rings. The van der Waals surface area contributed by atoms with Crippen LogP contribution in [0.3, 0.4) is 0 Å². The van der Waals surface area contributed by atoms with Gasteiger partial charge in [0.1, 0.15) is 0 Å². The van der Waals surface area contributed by atoms with Crippen LogP contribution >= 0.6 is 0 Å². The molecule has 9 nitrogen and oxygen atoms in total. The van der Waals surface area contributed by atoms with E-state index in [-0.39, 0.29) is 18.5 Å². The maximum absolute atomic E-state index is 12.9. The monoisotopic (exact) mass is 458 g/mol. The Kier molecular flexibility index (Phi) is 6.38. The first kappa shape index (κ1) is 23.4. The van der Waals surface area contributed by atoms with E-state index >= 15 is 0 Å². The Morgan fingerprint density at radius 1 is 1.16 bits per heavy atom. The molecule has 0 unspecified atom stereocenters. The van der Waals surface area contributed by atoms with Gasteiger partial charge in [0.25, 0.3) is 11.5 Å². The average Bonchev–Trinajstić information content (AvgIpc) is 2.76. The van der Waals surface area contributed by atoms with Crippen LogP contribution in [-0.4, -0.2) is 54.2 Å². The summed E-state index contributed by atoms with van der Waals surface area (Å²) in [6.45, 7) is 1.15. The van der Waals surface area contributed by atoms with Crippen molar-refractivity contribution >= 4 is 32.3 Å². The van der Waals surface area contributed by atoms with Crippen molar-refractivity contribution in [3.05, 3.63) is 59.1 Å². The summed E-state index contributed by atoms with van der Waals surface area (Å²) < 4.78 is 23.6. The molecule has 2 aromatic carbocycles. The Hall–Kier alpha value is -3.24. The largest absolute Gasteiger partial charge is 0.378 e. The maximum Gasteiger partial charge on any atom is 0.264 e. The van der Waals surface area contributed by atoms with Crippen LogP contribution in [0.2, 0.25) is 0 Å². The van der Waals surface area contributed by atoms with Gasteiger partial charge in [0.05, 0.1) is 17.2 Å². The summed E-state index contributed by atoms with van der Waals surface area (Å²) in [5.74, 6) is -1.05. The molecule has 0 fully saturated rings. The van der Waals surface area contributed by atoms with Gasteiger partial charge in [-0.1, -0.05) is 18.2 Å². The van der Waals surface area contributed by atoms with E-state index in [4.69, 9.17) is 5.21 Å². The second kappa shape index (κ2) is 8.71. The zero-order chi connectivity index (χ0) is 23.7. The third-order valence-electron chi connectivity index (χ3n) is 5.77. The second-order valence-corrected chi connectivity index (χ2v) is 10.6. The van der Waals surface area contributed by atoms with Crippen LogP contribution in [-0.2, 0) is 21.2 Å². The van der Waals surface area contributed by atoms with Crippen molar-refractivity contribution in [2.24, 2.45) is 0 Å². The average molecular weight is 459 g/mol. The molecule has 10 heteroatoms. The highest BCUT2D eigenvalue weighted by molar-refractivity contribution is 7.92. The van der Waals surface area contributed by atoms with Crippen LogP contribution in [0.15, 0.2) is 53.6 Å². The lowest BCUT2D eigenvalue weighted by atomic mass is 10.0. The van der Waals surface area contributed by atoms with Gasteiger partial charge in [0.2, 0.25) is 0 Å². The molecule has 0 bridgehead atoms. The highest BCUT2D eigenvalue weighted by atomic mass is 32.2. The molecule has 170 valence electrons. The molecule has 0 radical (unpaired) electrons. The lowest BCUT2D eigenvalue weighted by molar-refractivity contribution is -0.131. The van der Waals surface area contributed by atoms with Gasteiger partial charge < -0.3 is 4.90 Å². The van der Waals surface area contributed by atoms with Crippen LogP contribution in [0.5, 0.6) is 0 Å². The summed E-state index contributed by atoms with van der Waals surface area (Å²) in [7, 11) is 0.0770. The predicted octanol–water partition coefficient (Wildman–Crippen LogP) is 1.83. The van der Waals surface area contributed by atoms with Gasteiger partial charge in [0, 0.05) is 32.6 Å². The molecular weight excluding hydrogens is 432 g/mol. The quantitative estimate of drug-likeness (QED) is 0.409. The molecule has 0 saturated carbocycles. The van der Waals surface area contributed by atoms with E-state index in [1.807, 2.05) is 55.4 Å². The van der Waals surface area contributed by atoms with Crippen molar-refractivity contribution in [1.82, 2.24) is 15.0 Å². The minimum absolute atomic E-state index is 0.0630. The Labute approximate surface area is 186 Å². The molecule has 0 saturated heterocycles.